The summed E-state index contributed by atoms with van der Waals surface area (Å²) in [7, 11) is 2.00. The zero-order chi connectivity index (χ0) is 12.4. The van der Waals surface area contributed by atoms with Gasteiger partial charge in [-0.2, -0.15) is 5.10 Å². The molecule has 0 aliphatic carbocycles. The van der Waals surface area contributed by atoms with Crippen molar-refractivity contribution in [2.24, 2.45) is 7.05 Å². The summed E-state index contributed by atoms with van der Waals surface area (Å²) in [6.07, 6.45) is 3.05. The van der Waals surface area contributed by atoms with Crippen molar-refractivity contribution in [3.05, 3.63) is 30.0 Å². The second-order valence-corrected chi connectivity index (χ2v) is 5.00. The van der Waals surface area contributed by atoms with Crippen LogP contribution in [-0.4, -0.2) is 47.4 Å². The van der Waals surface area contributed by atoms with E-state index in [1.807, 2.05) is 17.9 Å². The topological polar surface area (TPSA) is 33.1 Å². The number of benzene rings is 1. The first-order valence-corrected chi connectivity index (χ1v) is 6.67. The highest BCUT2D eigenvalue weighted by atomic mass is 15.2. The normalized spacial score (nSPS) is 17.4. The zero-order valence-corrected chi connectivity index (χ0v) is 10.9. The average Bonchev–Trinajstić information content (AvgIpc) is 2.79. The first-order chi connectivity index (χ1) is 8.83. The maximum atomic E-state index is 4.28. The minimum absolute atomic E-state index is 1.13. The molecule has 0 amide bonds. The summed E-state index contributed by atoms with van der Waals surface area (Å²) in [4.78, 5) is 2.53. The first-order valence-electron chi connectivity index (χ1n) is 6.67. The first kappa shape index (κ1) is 11.7. The highest BCUT2D eigenvalue weighted by Gasteiger charge is 2.09. The summed E-state index contributed by atoms with van der Waals surface area (Å²) in [5.74, 6) is 0. The van der Waals surface area contributed by atoms with Gasteiger partial charge in [0.15, 0.2) is 0 Å². The van der Waals surface area contributed by atoms with E-state index in [-0.39, 0.29) is 0 Å². The Morgan fingerprint density at radius 3 is 2.94 bits per heavy atom. The number of nitrogens with one attached hydrogen (secondary N) is 1. The molecule has 0 radical (unpaired) electrons. The molecule has 0 saturated carbocycles. The van der Waals surface area contributed by atoms with E-state index in [4.69, 9.17) is 0 Å². The molecule has 2 heterocycles. The molecule has 4 nitrogen and oxygen atoms in total. The van der Waals surface area contributed by atoms with E-state index in [1.54, 1.807) is 0 Å². The van der Waals surface area contributed by atoms with Crippen LogP contribution < -0.4 is 5.32 Å². The average molecular weight is 244 g/mol. The van der Waals surface area contributed by atoms with Crippen LogP contribution in [0.25, 0.3) is 10.9 Å². The molecule has 1 aromatic heterocycles. The van der Waals surface area contributed by atoms with Crippen molar-refractivity contribution >= 4 is 10.9 Å². The fourth-order valence-corrected chi connectivity index (χ4v) is 2.57. The summed E-state index contributed by atoms with van der Waals surface area (Å²) >= 11 is 0. The van der Waals surface area contributed by atoms with Crippen LogP contribution in [0.1, 0.15) is 5.56 Å². The molecule has 3 rings (SSSR count). The van der Waals surface area contributed by atoms with Gasteiger partial charge in [-0.3, -0.25) is 4.68 Å². The van der Waals surface area contributed by atoms with Crippen LogP contribution in [-0.2, 0) is 13.5 Å². The molecule has 1 aliphatic heterocycles. The fourth-order valence-electron chi connectivity index (χ4n) is 2.57. The van der Waals surface area contributed by atoms with E-state index >= 15 is 0 Å². The van der Waals surface area contributed by atoms with Crippen LogP contribution >= 0.6 is 0 Å². The van der Waals surface area contributed by atoms with Crippen LogP contribution in [0.15, 0.2) is 24.4 Å². The Labute approximate surface area is 108 Å². The quantitative estimate of drug-likeness (QED) is 0.875. The maximum absolute atomic E-state index is 4.28. The third-order valence-electron chi connectivity index (χ3n) is 3.74. The third-order valence-corrected chi connectivity index (χ3v) is 3.74. The van der Waals surface area contributed by atoms with Crippen LogP contribution in [0.4, 0.5) is 0 Å². The van der Waals surface area contributed by atoms with E-state index in [0.29, 0.717) is 0 Å². The number of nitrogens with zero attached hydrogens (tertiary/aromatic N) is 3. The Kier molecular flexibility index (Phi) is 3.30. The van der Waals surface area contributed by atoms with Gasteiger partial charge in [0.25, 0.3) is 0 Å². The minimum atomic E-state index is 1.13. The Morgan fingerprint density at radius 1 is 1.28 bits per heavy atom. The van der Waals surface area contributed by atoms with Crippen molar-refractivity contribution < 1.29 is 0 Å². The van der Waals surface area contributed by atoms with Crippen molar-refractivity contribution in [1.82, 2.24) is 20.0 Å². The summed E-state index contributed by atoms with van der Waals surface area (Å²) in [6, 6.07) is 6.67. The van der Waals surface area contributed by atoms with Gasteiger partial charge in [-0.25, -0.2) is 0 Å². The van der Waals surface area contributed by atoms with E-state index in [0.717, 1.165) is 26.1 Å². The summed E-state index contributed by atoms with van der Waals surface area (Å²) in [5.41, 5.74) is 2.64. The standard InChI is InChI=1S/C14H20N4/c1-17-14-10-12(2-3-13(14)11-16-17)4-7-18-8-5-15-6-9-18/h2-3,10-11,15H,4-9H2,1H3. The molecule has 1 aliphatic rings. The number of hydrogen-bond acceptors (Lipinski definition) is 3. The molecular weight excluding hydrogens is 224 g/mol. The van der Waals surface area contributed by atoms with Crippen molar-refractivity contribution in [3.8, 4) is 0 Å². The zero-order valence-electron chi connectivity index (χ0n) is 10.9. The molecule has 0 spiro atoms. The molecule has 2 aromatic rings. The van der Waals surface area contributed by atoms with Crippen molar-refractivity contribution in [1.29, 1.82) is 0 Å². The Morgan fingerprint density at radius 2 is 2.11 bits per heavy atom. The SMILES string of the molecule is Cn1ncc2ccc(CCN3CCNCC3)cc21. The molecule has 0 unspecified atom stereocenters. The monoisotopic (exact) mass is 244 g/mol. The van der Waals surface area contributed by atoms with E-state index in [9.17, 15) is 0 Å². The van der Waals surface area contributed by atoms with Gasteiger partial charge in [0.1, 0.15) is 0 Å². The highest BCUT2D eigenvalue weighted by Crippen LogP contribution is 2.15. The lowest BCUT2D eigenvalue weighted by molar-refractivity contribution is 0.244. The van der Waals surface area contributed by atoms with Crippen molar-refractivity contribution in [2.45, 2.75) is 6.42 Å². The van der Waals surface area contributed by atoms with E-state index in [1.165, 1.54) is 29.6 Å². The number of piperazine rings is 1. The molecule has 4 heteroatoms. The van der Waals surface area contributed by atoms with Crippen LogP contribution in [0.3, 0.4) is 0 Å². The third kappa shape index (κ3) is 2.40. The van der Waals surface area contributed by atoms with Crippen LogP contribution in [0.5, 0.6) is 0 Å². The lowest BCUT2D eigenvalue weighted by Gasteiger charge is -2.27. The number of aryl methyl sites for hydroxylation is 1. The summed E-state index contributed by atoms with van der Waals surface area (Å²) in [5, 5.41) is 8.90. The van der Waals surface area contributed by atoms with Gasteiger partial charge in [-0.1, -0.05) is 12.1 Å². The molecule has 1 aromatic carbocycles. The van der Waals surface area contributed by atoms with Gasteiger partial charge in [0.05, 0.1) is 11.7 Å². The molecule has 1 fully saturated rings. The Bertz CT molecular complexity index is 526. The molecule has 1 N–H and O–H groups in total. The smallest absolute Gasteiger partial charge is 0.0681 e. The Hall–Kier alpha value is -1.39. The molecular formula is C14H20N4. The minimum Gasteiger partial charge on any atom is -0.314 e. The lowest BCUT2D eigenvalue weighted by atomic mass is 10.1. The molecule has 0 bridgehead atoms. The predicted octanol–water partition coefficient (Wildman–Crippen LogP) is 1.02. The number of rotatable bonds is 3. The Balaban J connectivity index is 1.68. The van der Waals surface area contributed by atoms with Gasteiger partial charge in [0, 0.05) is 45.2 Å². The van der Waals surface area contributed by atoms with Crippen LogP contribution in [0.2, 0.25) is 0 Å². The van der Waals surface area contributed by atoms with Crippen molar-refractivity contribution in [3.63, 3.8) is 0 Å². The molecule has 96 valence electrons. The maximum Gasteiger partial charge on any atom is 0.0681 e. The highest BCUT2D eigenvalue weighted by molar-refractivity contribution is 5.79. The van der Waals surface area contributed by atoms with E-state index < -0.39 is 0 Å². The number of fused-ring (bicyclic) bond motifs is 1. The summed E-state index contributed by atoms with van der Waals surface area (Å²) < 4.78 is 1.95. The lowest BCUT2D eigenvalue weighted by Crippen LogP contribution is -2.44. The van der Waals surface area contributed by atoms with E-state index in [2.05, 4.69) is 33.5 Å². The van der Waals surface area contributed by atoms with Gasteiger partial charge in [-0.15, -0.1) is 0 Å². The second kappa shape index (κ2) is 5.08. The fraction of sp³-hybridized carbons (Fsp3) is 0.500. The van der Waals surface area contributed by atoms with Gasteiger partial charge >= 0.3 is 0 Å². The predicted molar refractivity (Wildman–Crippen MR) is 73.7 cm³/mol. The van der Waals surface area contributed by atoms with Gasteiger partial charge < -0.3 is 10.2 Å². The van der Waals surface area contributed by atoms with Crippen molar-refractivity contribution in [2.75, 3.05) is 32.7 Å². The van der Waals surface area contributed by atoms with Gasteiger partial charge in [-0.05, 0) is 18.1 Å². The number of hydrogen-bond donors (Lipinski definition) is 1. The summed E-state index contributed by atoms with van der Waals surface area (Å²) in [6.45, 7) is 5.76. The second-order valence-electron chi connectivity index (χ2n) is 5.00. The molecule has 0 atom stereocenters. The number of aromatic nitrogens is 2. The largest absolute Gasteiger partial charge is 0.314 e. The molecule has 1 saturated heterocycles. The van der Waals surface area contributed by atoms with Crippen LogP contribution in [0, 0.1) is 0 Å². The van der Waals surface area contributed by atoms with Gasteiger partial charge in [0.2, 0.25) is 0 Å². The molecule has 18 heavy (non-hydrogen) atoms.